The molecule has 2 amide bonds. The van der Waals surface area contributed by atoms with E-state index < -0.39 is 17.7 Å². The molecule has 250 valence electrons. The molecule has 4 aromatic rings. The van der Waals surface area contributed by atoms with E-state index in [1.807, 2.05) is 86.5 Å². The van der Waals surface area contributed by atoms with Crippen molar-refractivity contribution in [2.24, 2.45) is 0 Å². The zero-order valence-electron chi connectivity index (χ0n) is 28.3. The first-order valence-electron chi connectivity index (χ1n) is 16.6. The van der Waals surface area contributed by atoms with Crippen LogP contribution in [0.5, 0.6) is 0 Å². The van der Waals surface area contributed by atoms with Gasteiger partial charge in [0, 0.05) is 42.8 Å². The van der Waals surface area contributed by atoms with Gasteiger partial charge in [0.15, 0.2) is 0 Å². The minimum Gasteiger partial charge on any atom is -0.392 e. The highest BCUT2D eigenvalue weighted by Crippen LogP contribution is 2.31. The van der Waals surface area contributed by atoms with E-state index in [0.29, 0.717) is 26.3 Å². The summed E-state index contributed by atoms with van der Waals surface area (Å²) in [6.45, 7) is 7.34. The predicted octanol–water partition coefficient (Wildman–Crippen LogP) is 5.65. The second kappa shape index (κ2) is 15.9. The molecule has 0 aliphatic carbocycles. The molecule has 0 spiro atoms. The molecule has 48 heavy (non-hydrogen) atoms. The average molecular weight is 646 g/mol. The number of amides is 2. The lowest BCUT2D eigenvalue weighted by molar-refractivity contribution is -0.136. The molecular formula is C40H47N5O3. The minimum atomic E-state index is -0.898. The van der Waals surface area contributed by atoms with Crippen LogP contribution in [0.25, 0.3) is 22.8 Å². The molecule has 5 rings (SSSR count). The third-order valence-electron chi connectivity index (χ3n) is 8.51. The maximum absolute atomic E-state index is 14.7. The molecule has 1 aliphatic heterocycles. The van der Waals surface area contributed by atoms with E-state index in [4.69, 9.17) is 0 Å². The molecule has 8 heteroatoms. The van der Waals surface area contributed by atoms with E-state index in [0.717, 1.165) is 44.6 Å². The number of fused-ring (bicyclic) bond motifs is 1. The summed E-state index contributed by atoms with van der Waals surface area (Å²) in [5.41, 5.74) is 7.27. The molecule has 0 aromatic heterocycles. The van der Waals surface area contributed by atoms with Crippen LogP contribution in [0.3, 0.4) is 0 Å². The number of aliphatic hydroxyl groups excluding tert-OH is 1. The van der Waals surface area contributed by atoms with Gasteiger partial charge >= 0.3 is 0 Å². The number of hydrogen-bond acceptors (Lipinski definition) is 6. The van der Waals surface area contributed by atoms with E-state index in [1.54, 1.807) is 6.92 Å². The number of benzene rings is 4. The Morgan fingerprint density at radius 3 is 2.33 bits per heavy atom. The van der Waals surface area contributed by atoms with Gasteiger partial charge in [0.05, 0.1) is 12.8 Å². The van der Waals surface area contributed by atoms with Crippen molar-refractivity contribution in [3.8, 4) is 11.1 Å². The fourth-order valence-electron chi connectivity index (χ4n) is 6.01. The van der Waals surface area contributed by atoms with Crippen LogP contribution >= 0.6 is 0 Å². The number of anilines is 1. The molecule has 0 saturated heterocycles. The van der Waals surface area contributed by atoms with Gasteiger partial charge in [0.25, 0.3) is 0 Å². The highest BCUT2D eigenvalue weighted by molar-refractivity contribution is 6.04. The van der Waals surface area contributed by atoms with Crippen molar-refractivity contribution in [2.45, 2.75) is 58.0 Å². The molecule has 2 atom stereocenters. The van der Waals surface area contributed by atoms with Crippen LogP contribution in [-0.4, -0.2) is 59.8 Å². The third-order valence-corrected chi connectivity index (χ3v) is 8.51. The molecule has 0 fully saturated rings. The topological polar surface area (TPSA) is 106 Å². The molecule has 1 aliphatic rings. The van der Waals surface area contributed by atoms with Gasteiger partial charge in [-0.3, -0.25) is 9.59 Å². The van der Waals surface area contributed by atoms with Gasteiger partial charge in [0.2, 0.25) is 11.8 Å². The molecular weight excluding hydrogens is 598 g/mol. The fraction of sp³-hybridized carbons (Fsp3) is 0.300. The van der Waals surface area contributed by atoms with Crippen LogP contribution < -0.4 is 21.3 Å². The molecule has 5 N–H and O–H groups in total. The second-order valence-corrected chi connectivity index (χ2v) is 13.1. The summed E-state index contributed by atoms with van der Waals surface area (Å²) in [4.78, 5) is 30.1. The number of para-hydroxylation sites is 1. The molecule has 8 nitrogen and oxygen atoms in total. The van der Waals surface area contributed by atoms with Crippen molar-refractivity contribution < 1.29 is 14.7 Å². The SMILES string of the molecule is CNCNc1ccccc1-c1ccc(CN2Cc3ccccc3/C=C(/c3ccccc3)C(NC(=O)CC(C)(C)NC[C@@H](C)O)C2=O)cc1. The number of carbonyl (C=O) groups is 2. The maximum Gasteiger partial charge on any atom is 0.250 e. The number of hydrogen-bond donors (Lipinski definition) is 5. The highest BCUT2D eigenvalue weighted by atomic mass is 16.3. The van der Waals surface area contributed by atoms with Gasteiger partial charge in [-0.15, -0.1) is 0 Å². The van der Waals surface area contributed by atoms with Gasteiger partial charge in [-0.25, -0.2) is 0 Å². The largest absolute Gasteiger partial charge is 0.392 e. The Bertz CT molecular complexity index is 1720. The van der Waals surface area contributed by atoms with Gasteiger partial charge in [0.1, 0.15) is 6.04 Å². The van der Waals surface area contributed by atoms with E-state index in [-0.39, 0.29) is 18.2 Å². The van der Waals surface area contributed by atoms with Crippen molar-refractivity contribution in [3.63, 3.8) is 0 Å². The number of aliphatic hydroxyl groups is 1. The first-order chi connectivity index (χ1) is 23.1. The number of nitrogens with zero attached hydrogens (tertiary/aromatic N) is 1. The second-order valence-electron chi connectivity index (χ2n) is 13.1. The molecule has 0 radical (unpaired) electrons. The first kappa shape index (κ1) is 34.6. The smallest absolute Gasteiger partial charge is 0.250 e. The van der Waals surface area contributed by atoms with Crippen molar-refractivity contribution >= 4 is 29.2 Å². The summed E-state index contributed by atoms with van der Waals surface area (Å²) in [5, 5.41) is 22.7. The van der Waals surface area contributed by atoms with Gasteiger partial charge in [-0.05, 0) is 73.4 Å². The Morgan fingerprint density at radius 1 is 0.917 bits per heavy atom. The van der Waals surface area contributed by atoms with E-state index in [1.165, 1.54) is 0 Å². The summed E-state index contributed by atoms with van der Waals surface area (Å²) >= 11 is 0. The third kappa shape index (κ3) is 8.98. The van der Waals surface area contributed by atoms with Gasteiger partial charge in [-0.2, -0.15) is 0 Å². The zero-order chi connectivity index (χ0) is 34.1. The molecule has 0 bridgehead atoms. The van der Waals surface area contributed by atoms with Crippen LogP contribution in [-0.2, 0) is 22.7 Å². The summed E-state index contributed by atoms with van der Waals surface area (Å²) in [7, 11) is 1.90. The van der Waals surface area contributed by atoms with Crippen molar-refractivity contribution in [1.29, 1.82) is 0 Å². The average Bonchev–Trinajstić information content (AvgIpc) is 3.08. The lowest BCUT2D eigenvalue weighted by Crippen LogP contribution is -2.52. The number of rotatable bonds is 13. The Labute approximate surface area is 284 Å². The van der Waals surface area contributed by atoms with Crippen LogP contribution in [0.1, 0.15) is 49.4 Å². The standard InChI is InChI=1S/C40H47N5O3/c1-28(46)24-43-40(2,3)23-37(47)44-38-35(30-12-6-5-7-13-30)22-32-14-8-9-15-33(32)26-45(39(38)48)25-29-18-20-31(21-19-29)34-16-10-11-17-36(34)42-27-41-4/h5-22,28,38,41-43,46H,23-27H2,1-4H3,(H,44,47)/b35-22-/t28-,38?/m1/s1. The maximum atomic E-state index is 14.7. The minimum absolute atomic E-state index is 0.133. The van der Waals surface area contributed by atoms with E-state index in [9.17, 15) is 14.7 Å². The van der Waals surface area contributed by atoms with Crippen LogP contribution in [0.4, 0.5) is 5.69 Å². The van der Waals surface area contributed by atoms with E-state index in [2.05, 4.69) is 69.8 Å². The first-order valence-corrected chi connectivity index (χ1v) is 16.6. The highest BCUT2D eigenvalue weighted by Gasteiger charge is 2.33. The predicted molar refractivity (Wildman–Crippen MR) is 195 cm³/mol. The summed E-state index contributed by atoms with van der Waals surface area (Å²) < 4.78 is 0. The fourth-order valence-corrected chi connectivity index (χ4v) is 6.01. The Hall–Kier alpha value is -4.76. The van der Waals surface area contributed by atoms with Gasteiger partial charge in [-0.1, -0.05) is 97.1 Å². The van der Waals surface area contributed by atoms with Crippen LogP contribution in [0.2, 0.25) is 0 Å². The Morgan fingerprint density at radius 2 is 1.60 bits per heavy atom. The Balaban J connectivity index is 1.47. The lowest BCUT2D eigenvalue weighted by atomic mass is 9.90. The van der Waals surface area contributed by atoms with Crippen molar-refractivity contribution in [1.82, 2.24) is 20.9 Å². The lowest BCUT2D eigenvalue weighted by Gasteiger charge is -2.33. The quantitative estimate of drug-likeness (QED) is 0.120. The van der Waals surface area contributed by atoms with Crippen molar-refractivity contribution in [3.05, 3.63) is 125 Å². The summed E-state index contributed by atoms with van der Waals surface area (Å²) in [6.07, 6.45) is 1.63. The molecule has 4 aromatic carbocycles. The number of β-amino-alcohol motifs (C(OH)–C–C–N with tert-alkyl or cyclic N) is 1. The monoisotopic (exact) mass is 645 g/mol. The number of carbonyl (C=O) groups excluding carboxylic acids is 2. The van der Waals surface area contributed by atoms with Crippen molar-refractivity contribution in [2.75, 3.05) is 25.6 Å². The normalized spacial score (nSPS) is 16.6. The van der Waals surface area contributed by atoms with E-state index >= 15 is 0 Å². The van der Waals surface area contributed by atoms with Crippen LogP contribution in [0.15, 0.2) is 103 Å². The summed E-state index contributed by atoms with van der Waals surface area (Å²) in [6, 6.07) is 33.5. The van der Waals surface area contributed by atoms with Gasteiger partial charge < -0.3 is 31.3 Å². The molecule has 1 heterocycles. The zero-order valence-corrected chi connectivity index (χ0v) is 28.3. The Kier molecular flexibility index (Phi) is 11.4. The molecule has 1 unspecified atom stereocenters. The summed E-state index contributed by atoms with van der Waals surface area (Å²) in [5.74, 6) is -0.421. The molecule has 0 saturated carbocycles. The van der Waals surface area contributed by atoms with Crippen LogP contribution in [0, 0.1) is 0 Å². The number of nitrogens with one attached hydrogen (secondary N) is 4.